The molecule has 34 heavy (non-hydrogen) atoms. The minimum Gasteiger partial charge on any atom is -0.487 e. The lowest BCUT2D eigenvalue weighted by Gasteiger charge is -2.19. The van der Waals surface area contributed by atoms with Gasteiger partial charge in [0.25, 0.3) is 11.8 Å². The van der Waals surface area contributed by atoms with Gasteiger partial charge >= 0.3 is 0 Å². The minimum atomic E-state index is -0.758. The number of benzene rings is 2. The van der Waals surface area contributed by atoms with E-state index in [1.54, 1.807) is 42.5 Å². The van der Waals surface area contributed by atoms with E-state index in [9.17, 15) is 9.59 Å². The Balaban J connectivity index is 1.96. The largest absolute Gasteiger partial charge is 0.487 e. The van der Waals surface area contributed by atoms with Crippen LogP contribution in [0.25, 0.3) is 0 Å². The van der Waals surface area contributed by atoms with Crippen LogP contribution in [-0.2, 0) is 9.59 Å². The summed E-state index contributed by atoms with van der Waals surface area (Å²) in [5, 5.41) is 7.31. The van der Waals surface area contributed by atoms with Crippen molar-refractivity contribution in [2.24, 2.45) is 11.0 Å². The topological polar surface area (TPSA) is 89.0 Å². The zero-order valence-corrected chi connectivity index (χ0v) is 22.7. The first-order chi connectivity index (χ1) is 16.2. The maximum absolute atomic E-state index is 12.7. The number of nitrogens with zero attached hydrogens (tertiary/aromatic N) is 1. The molecule has 10 heteroatoms. The smallest absolute Gasteiger partial charge is 0.262 e. The standard InChI is InChI=1S/C24H26Br2ClN3O4/c1-4-9-33-23-19(25)11-16(12-20(23)26)13-28-30-24(32)21(10-15(2)3)29-22(31)14-34-18-7-5-17(27)6-8-18/h4-8,11-13,15,21H,1,9-10,14H2,2-3H3,(H,29,31)(H,30,32)/b28-13-/t21-/m1/s1. The molecule has 0 heterocycles. The third-order valence-electron chi connectivity index (χ3n) is 4.30. The van der Waals surface area contributed by atoms with E-state index in [1.807, 2.05) is 13.8 Å². The van der Waals surface area contributed by atoms with E-state index < -0.39 is 17.9 Å². The molecule has 0 bridgehead atoms. The van der Waals surface area contributed by atoms with E-state index in [-0.39, 0.29) is 12.5 Å². The van der Waals surface area contributed by atoms with Crippen LogP contribution in [0, 0.1) is 5.92 Å². The molecule has 0 unspecified atom stereocenters. The fourth-order valence-corrected chi connectivity index (χ4v) is 4.38. The van der Waals surface area contributed by atoms with Gasteiger partial charge in [-0.25, -0.2) is 5.43 Å². The third kappa shape index (κ3) is 9.48. The number of halogens is 3. The third-order valence-corrected chi connectivity index (χ3v) is 5.73. The lowest BCUT2D eigenvalue weighted by Crippen LogP contribution is -2.47. The van der Waals surface area contributed by atoms with Gasteiger partial charge in [-0.2, -0.15) is 5.10 Å². The number of nitrogens with one attached hydrogen (secondary N) is 2. The highest BCUT2D eigenvalue weighted by molar-refractivity contribution is 9.11. The van der Waals surface area contributed by atoms with Crippen LogP contribution < -0.4 is 20.2 Å². The first-order valence-corrected chi connectivity index (χ1v) is 12.4. The van der Waals surface area contributed by atoms with Gasteiger partial charge < -0.3 is 14.8 Å². The normalized spacial score (nSPS) is 11.8. The van der Waals surface area contributed by atoms with Crippen LogP contribution in [0.1, 0.15) is 25.8 Å². The molecule has 0 aliphatic heterocycles. The quantitative estimate of drug-likeness (QED) is 0.188. The molecule has 182 valence electrons. The Hall–Kier alpha value is -2.36. The van der Waals surface area contributed by atoms with Crippen LogP contribution in [0.4, 0.5) is 0 Å². The van der Waals surface area contributed by atoms with Gasteiger partial charge in [-0.05, 0) is 86.2 Å². The Morgan fingerprint density at radius 3 is 2.38 bits per heavy atom. The van der Waals surface area contributed by atoms with Crippen LogP contribution >= 0.6 is 43.5 Å². The molecule has 0 fully saturated rings. The van der Waals surface area contributed by atoms with Crippen molar-refractivity contribution >= 4 is 61.5 Å². The van der Waals surface area contributed by atoms with Gasteiger partial charge in [-0.3, -0.25) is 9.59 Å². The van der Waals surface area contributed by atoms with E-state index in [1.165, 1.54) is 6.21 Å². The van der Waals surface area contributed by atoms with E-state index >= 15 is 0 Å². The van der Waals surface area contributed by atoms with Crippen molar-refractivity contribution in [3.8, 4) is 11.5 Å². The predicted octanol–water partition coefficient (Wildman–Crippen LogP) is 5.49. The van der Waals surface area contributed by atoms with Gasteiger partial charge in [-0.1, -0.05) is 38.1 Å². The molecule has 0 aliphatic carbocycles. The first kappa shape index (κ1) is 27.9. The number of hydrogen-bond donors (Lipinski definition) is 2. The van der Waals surface area contributed by atoms with E-state index in [0.717, 1.165) is 14.5 Å². The van der Waals surface area contributed by atoms with Crippen molar-refractivity contribution in [2.75, 3.05) is 13.2 Å². The molecule has 2 aromatic rings. The van der Waals surface area contributed by atoms with Crippen molar-refractivity contribution in [3.63, 3.8) is 0 Å². The van der Waals surface area contributed by atoms with Crippen LogP contribution in [0.15, 0.2) is 63.1 Å². The van der Waals surface area contributed by atoms with Gasteiger partial charge in [-0.15, -0.1) is 0 Å². The second kappa shape index (κ2) is 14.1. The van der Waals surface area contributed by atoms with Crippen molar-refractivity contribution in [1.82, 2.24) is 10.7 Å². The molecule has 0 radical (unpaired) electrons. The summed E-state index contributed by atoms with van der Waals surface area (Å²) in [6, 6.07) is 9.52. The number of hydrogen-bond acceptors (Lipinski definition) is 5. The molecule has 0 aliphatic rings. The first-order valence-electron chi connectivity index (χ1n) is 10.4. The Bertz CT molecular complexity index is 1010. The number of carbonyl (C=O) groups is 2. The summed E-state index contributed by atoms with van der Waals surface area (Å²) in [7, 11) is 0. The summed E-state index contributed by atoms with van der Waals surface area (Å²) in [6.07, 6.45) is 3.60. The van der Waals surface area contributed by atoms with E-state index in [4.69, 9.17) is 21.1 Å². The molecule has 2 aromatic carbocycles. The Labute approximate surface area is 221 Å². The van der Waals surface area contributed by atoms with E-state index in [0.29, 0.717) is 29.5 Å². The number of ether oxygens (including phenoxy) is 2. The molecule has 0 saturated heterocycles. The highest BCUT2D eigenvalue weighted by Crippen LogP contribution is 2.34. The zero-order chi connectivity index (χ0) is 25.1. The summed E-state index contributed by atoms with van der Waals surface area (Å²) in [4.78, 5) is 25.0. The highest BCUT2D eigenvalue weighted by atomic mass is 79.9. The van der Waals surface area contributed by atoms with Crippen molar-refractivity contribution in [2.45, 2.75) is 26.3 Å². The summed E-state index contributed by atoms with van der Waals surface area (Å²) in [5.74, 6) is 0.484. The molecule has 2 N–H and O–H groups in total. The molecule has 0 saturated carbocycles. The molecule has 0 spiro atoms. The minimum absolute atomic E-state index is 0.173. The Morgan fingerprint density at radius 2 is 1.79 bits per heavy atom. The van der Waals surface area contributed by atoms with Crippen molar-refractivity contribution < 1.29 is 19.1 Å². The van der Waals surface area contributed by atoms with Crippen molar-refractivity contribution in [3.05, 3.63) is 68.6 Å². The second-order valence-electron chi connectivity index (χ2n) is 7.64. The average molecular weight is 616 g/mol. The SMILES string of the molecule is C=CCOc1c(Br)cc(/C=N\NC(=O)[C@@H](CC(C)C)NC(=O)COc2ccc(Cl)cc2)cc1Br. The highest BCUT2D eigenvalue weighted by Gasteiger charge is 2.22. The van der Waals surface area contributed by atoms with Crippen LogP contribution in [-0.4, -0.2) is 37.3 Å². The Morgan fingerprint density at radius 1 is 1.15 bits per heavy atom. The molecule has 1 atom stereocenters. The molecular weight excluding hydrogens is 590 g/mol. The predicted molar refractivity (Wildman–Crippen MR) is 142 cm³/mol. The number of hydrazone groups is 1. The Kier molecular flexibility index (Phi) is 11.6. The lowest BCUT2D eigenvalue weighted by atomic mass is 10.0. The van der Waals surface area contributed by atoms with E-state index in [2.05, 4.69) is 54.3 Å². The van der Waals surface area contributed by atoms with Gasteiger partial charge in [0, 0.05) is 5.02 Å². The molecule has 2 rings (SSSR count). The maximum Gasteiger partial charge on any atom is 0.262 e. The second-order valence-corrected chi connectivity index (χ2v) is 9.78. The van der Waals surface area contributed by atoms with Gasteiger partial charge in [0.2, 0.25) is 0 Å². The summed E-state index contributed by atoms with van der Waals surface area (Å²) in [6.45, 7) is 7.70. The zero-order valence-electron chi connectivity index (χ0n) is 18.8. The summed E-state index contributed by atoms with van der Waals surface area (Å²) >= 11 is 12.8. The number of rotatable bonds is 12. The maximum atomic E-state index is 12.7. The fraction of sp³-hybridized carbons (Fsp3) is 0.292. The molecule has 0 aromatic heterocycles. The molecule has 2 amide bonds. The van der Waals surface area contributed by atoms with Gasteiger partial charge in [0.05, 0.1) is 15.2 Å². The summed E-state index contributed by atoms with van der Waals surface area (Å²) < 4.78 is 12.5. The molecule has 7 nitrogen and oxygen atoms in total. The van der Waals surface area contributed by atoms with Crippen LogP contribution in [0.2, 0.25) is 5.02 Å². The van der Waals surface area contributed by atoms with Gasteiger partial charge in [0.15, 0.2) is 6.61 Å². The van der Waals surface area contributed by atoms with Crippen molar-refractivity contribution in [1.29, 1.82) is 0 Å². The average Bonchev–Trinajstić information content (AvgIpc) is 2.77. The van der Waals surface area contributed by atoms with Crippen LogP contribution in [0.3, 0.4) is 0 Å². The fourth-order valence-electron chi connectivity index (χ4n) is 2.80. The number of amides is 2. The number of carbonyl (C=O) groups excluding carboxylic acids is 2. The molecular formula is C24H26Br2ClN3O4. The summed E-state index contributed by atoms with van der Waals surface area (Å²) in [5.41, 5.74) is 3.22. The monoisotopic (exact) mass is 613 g/mol. The van der Waals surface area contributed by atoms with Gasteiger partial charge in [0.1, 0.15) is 24.1 Å². The van der Waals surface area contributed by atoms with Crippen LogP contribution in [0.5, 0.6) is 11.5 Å². The lowest BCUT2D eigenvalue weighted by molar-refractivity contribution is -0.130.